The lowest BCUT2D eigenvalue weighted by Gasteiger charge is -2.07. The number of nitrogens with two attached hydrogens (primary N) is 1. The quantitative estimate of drug-likeness (QED) is 0.874. The molecule has 4 heteroatoms. The van der Waals surface area contributed by atoms with Gasteiger partial charge in [0.25, 0.3) is 0 Å². The minimum atomic E-state index is -0.556. The van der Waals surface area contributed by atoms with Crippen LogP contribution in [-0.2, 0) is 4.79 Å². The Balaban J connectivity index is 2.09. The molecule has 0 atom stereocenters. The number of hydrogen-bond acceptors (Lipinski definition) is 2. The van der Waals surface area contributed by atoms with Crippen LogP contribution in [-0.4, -0.2) is 11.8 Å². The van der Waals surface area contributed by atoms with Gasteiger partial charge in [-0.3, -0.25) is 9.59 Å². The minimum absolute atomic E-state index is 0.306. The van der Waals surface area contributed by atoms with E-state index < -0.39 is 5.91 Å². The zero-order valence-electron chi connectivity index (χ0n) is 10.2. The van der Waals surface area contributed by atoms with Crippen LogP contribution in [0.1, 0.15) is 15.9 Å². The van der Waals surface area contributed by atoms with Gasteiger partial charge in [0.15, 0.2) is 0 Å². The zero-order valence-corrected chi connectivity index (χ0v) is 10.2. The van der Waals surface area contributed by atoms with Crippen molar-refractivity contribution in [2.45, 2.75) is 0 Å². The van der Waals surface area contributed by atoms with Crippen LogP contribution in [0, 0.1) is 6.42 Å². The number of nitrogens with one attached hydrogen (secondary N) is 1. The zero-order chi connectivity index (χ0) is 13.7. The highest BCUT2D eigenvalue weighted by molar-refractivity contribution is 6.03. The van der Waals surface area contributed by atoms with E-state index in [4.69, 9.17) is 5.73 Å². The Morgan fingerprint density at radius 2 is 1.58 bits per heavy atom. The molecule has 2 rings (SSSR count). The molecule has 0 saturated carbocycles. The van der Waals surface area contributed by atoms with Crippen molar-refractivity contribution in [2.75, 3.05) is 5.32 Å². The molecule has 0 saturated heterocycles. The smallest absolute Gasteiger partial charge is 0.249 e. The Labute approximate surface area is 111 Å². The molecule has 0 heterocycles. The summed E-state index contributed by atoms with van der Waals surface area (Å²) in [7, 11) is 0. The van der Waals surface area contributed by atoms with E-state index in [-0.39, 0.29) is 5.91 Å². The molecule has 0 aliphatic heterocycles. The Morgan fingerprint density at radius 1 is 0.947 bits per heavy atom. The van der Waals surface area contributed by atoms with E-state index in [1.807, 2.05) is 18.2 Å². The summed E-state index contributed by atoms with van der Waals surface area (Å²) in [5.41, 5.74) is 6.77. The molecule has 0 aromatic heterocycles. The Bertz CT molecular complexity index is 594. The highest BCUT2D eigenvalue weighted by Crippen LogP contribution is 2.12. The molecule has 0 aliphatic rings. The normalized spacial score (nSPS) is 9.89. The summed E-state index contributed by atoms with van der Waals surface area (Å²) in [6.45, 7) is 0. The van der Waals surface area contributed by atoms with Crippen molar-refractivity contribution in [1.82, 2.24) is 0 Å². The fourth-order valence-corrected chi connectivity index (χ4v) is 1.69. The lowest BCUT2D eigenvalue weighted by molar-refractivity contribution is -0.112. The van der Waals surface area contributed by atoms with E-state index in [2.05, 4.69) is 5.32 Å². The van der Waals surface area contributed by atoms with Crippen LogP contribution >= 0.6 is 0 Å². The lowest BCUT2D eigenvalue weighted by Crippen LogP contribution is -2.17. The summed E-state index contributed by atoms with van der Waals surface area (Å²) >= 11 is 0. The third-order valence-electron chi connectivity index (χ3n) is 2.55. The first kappa shape index (κ1) is 12.8. The van der Waals surface area contributed by atoms with Crippen molar-refractivity contribution in [3.63, 3.8) is 0 Å². The van der Waals surface area contributed by atoms with E-state index in [1.54, 1.807) is 36.4 Å². The molecule has 3 N–H and O–H groups in total. The number of para-hydroxylation sites is 1. The predicted molar refractivity (Wildman–Crippen MR) is 73.4 cm³/mol. The minimum Gasteiger partial charge on any atom is -0.366 e. The molecule has 0 aliphatic carbocycles. The number of rotatable bonds is 4. The average Bonchev–Trinajstić information content (AvgIpc) is 2.40. The Morgan fingerprint density at radius 3 is 2.26 bits per heavy atom. The summed E-state index contributed by atoms with van der Waals surface area (Å²) in [5, 5.41) is 2.71. The summed E-state index contributed by atoms with van der Waals surface area (Å²) in [6, 6.07) is 15.8. The Hall–Kier alpha value is -2.62. The second-order valence-electron chi connectivity index (χ2n) is 3.95. The van der Waals surface area contributed by atoms with Crippen molar-refractivity contribution in [3.8, 4) is 0 Å². The molecule has 2 aromatic rings. The summed E-state index contributed by atoms with van der Waals surface area (Å²) in [5.74, 6) is -0.862. The van der Waals surface area contributed by atoms with Crippen LogP contribution < -0.4 is 11.1 Å². The monoisotopic (exact) mass is 253 g/mol. The van der Waals surface area contributed by atoms with E-state index in [0.29, 0.717) is 16.8 Å². The van der Waals surface area contributed by atoms with Gasteiger partial charge in [0.05, 0.1) is 6.42 Å². The summed E-state index contributed by atoms with van der Waals surface area (Å²) in [4.78, 5) is 23.1. The molecular formula is C15H13N2O2. The molecule has 2 aromatic carbocycles. The van der Waals surface area contributed by atoms with Crippen LogP contribution in [0.4, 0.5) is 5.69 Å². The van der Waals surface area contributed by atoms with Crippen molar-refractivity contribution in [3.05, 3.63) is 72.1 Å². The van der Waals surface area contributed by atoms with Gasteiger partial charge in [-0.15, -0.1) is 0 Å². The molecule has 1 radical (unpaired) electrons. The molecule has 0 unspecified atom stereocenters. The molecule has 2 amide bonds. The van der Waals surface area contributed by atoms with Gasteiger partial charge in [0.2, 0.25) is 11.8 Å². The Kier molecular flexibility index (Phi) is 3.93. The standard InChI is InChI=1S/C15H13N2O2/c16-15(19)13-9-5-4-6-11(13)10-14(18)17-12-7-2-1-3-8-12/h1-10H,(H2,16,19)(H,17,18). The van der Waals surface area contributed by atoms with Crippen LogP contribution in [0.3, 0.4) is 0 Å². The molecular weight excluding hydrogens is 240 g/mol. The van der Waals surface area contributed by atoms with Gasteiger partial charge >= 0.3 is 0 Å². The highest BCUT2D eigenvalue weighted by atomic mass is 16.2. The van der Waals surface area contributed by atoms with Crippen molar-refractivity contribution >= 4 is 17.5 Å². The first-order valence-electron chi connectivity index (χ1n) is 5.76. The number of primary amides is 1. The third-order valence-corrected chi connectivity index (χ3v) is 2.55. The summed E-state index contributed by atoms with van der Waals surface area (Å²) < 4.78 is 0. The molecule has 0 spiro atoms. The first-order valence-corrected chi connectivity index (χ1v) is 5.76. The maximum absolute atomic E-state index is 11.8. The number of carbonyl (C=O) groups is 2. The van der Waals surface area contributed by atoms with E-state index in [9.17, 15) is 9.59 Å². The topological polar surface area (TPSA) is 72.2 Å². The fourth-order valence-electron chi connectivity index (χ4n) is 1.69. The number of benzene rings is 2. The average molecular weight is 253 g/mol. The maximum atomic E-state index is 11.8. The van der Waals surface area contributed by atoms with Gasteiger partial charge in [-0.25, -0.2) is 0 Å². The number of hydrogen-bond donors (Lipinski definition) is 2. The molecule has 0 bridgehead atoms. The molecule has 95 valence electrons. The highest BCUT2D eigenvalue weighted by Gasteiger charge is 2.11. The molecule has 4 nitrogen and oxygen atoms in total. The van der Waals surface area contributed by atoms with Gasteiger partial charge in [0, 0.05) is 11.3 Å². The van der Waals surface area contributed by atoms with Crippen LogP contribution in [0.2, 0.25) is 0 Å². The van der Waals surface area contributed by atoms with Gasteiger partial charge in [-0.05, 0) is 23.8 Å². The van der Waals surface area contributed by atoms with Gasteiger partial charge < -0.3 is 11.1 Å². The second-order valence-corrected chi connectivity index (χ2v) is 3.95. The SMILES string of the molecule is NC(=O)c1ccccc1[CH]C(=O)Nc1ccccc1. The van der Waals surface area contributed by atoms with Crippen molar-refractivity contribution in [2.24, 2.45) is 5.73 Å². The fraction of sp³-hybridized carbons (Fsp3) is 0. The maximum Gasteiger partial charge on any atom is 0.249 e. The first-order chi connectivity index (χ1) is 9.16. The van der Waals surface area contributed by atoms with Crippen LogP contribution in [0.5, 0.6) is 0 Å². The van der Waals surface area contributed by atoms with Gasteiger partial charge in [-0.1, -0.05) is 36.4 Å². The van der Waals surface area contributed by atoms with Gasteiger partial charge in [-0.2, -0.15) is 0 Å². The number of carbonyl (C=O) groups excluding carboxylic acids is 2. The molecule has 0 fully saturated rings. The van der Waals surface area contributed by atoms with E-state index in [0.717, 1.165) is 0 Å². The van der Waals surface area contributed by atoms with Crippen molar-refractivity contribution < 1.29 is 9.59 Å². The lowest BCUT2D eigenvalue weighted by atomic mass is 10.0. The van der Waals surface area contributed by atoms with Crippen molar-refractivity contribution in [1.29, 1.82) is 0 Å². The second kappa shape index (κ2) is 5.82. The van der Waals surface area contributed by atoms with Gasteiger partial charge in [0.1, 0.15) is 0 Å². The van der Waals surface area contributed by atoms with Crippen LogP contribution in [0.15, 0.2) is 54.6 Å². The van der Waals surface area contributed by atoms with E-state index in [1.165, 1.54) is 6.42 Å². The van der Waals surface area contributed by atoms with Crippen LogP contribution in [0.25, 0.3) is 0 Å². The largest absolute Gasteiger partial charge is 0.366 e. The number of anilines is 1. The molecule has 19 heavy (non-hydrogen) atoms. The third kappa shape index (κ3) is 3.42. The summed E-state index contributed by atoms with van der Waals surface area (Å²) in [6.07, 6.45) is 1.35. The number of amides is 2. The predicted octanol–water partition coefficient (Wildman–Crippen LogP) is 1.98. The van der Waals surface area contributed by atoms with E-state index >= 15 is 0 Å².